The molecule has 54 valence electrons. The third-order valence-electron chi connectivity index (χ3n) is 1.12. The standard InChI is InChI=1S/C7H8O2S/c8-7(9)5-6-3-1-2-4-10-6/h2-4H,1,5H2,(H,8,9). The fraction of sp³-hybridized carbons (Fsp3) is 0.286. The van der Waals surface area contributed by atoms with Crippen molar-refractivity contribution in [2.75, 3.05) is 0 Å². The molecule has 0 atom stereocenters. The molecule has 10 heavy (non-hydrogen) atoms. The second kappa shape index (κ2) is 3.46. The first-order valence-corrected chi connectivity index (χ1v) is 3.89. The zero-order valence-corrected chi connectivity index (χ0v) is 6.23. The Labute approximate surface area is 63.6 Å². The Balaban J connectivity index is 2.41. The zero-order valence-electron chi connectivity index (χ0n) is 5.41. The van der Waals surface area contributed by atoms with Gasteiger partial charge in [-0.05, 0) is 16.7 Å². The maximum atomic E-state index is 10.2. The van der Waals surface area contributed by atoms with Crippen LogP contribution in [-0.4, -0.2) is 11.1 Å². The molecule has 0 bridgehead atoms. The summed E-state index contributed by atoms with van der Waals surface area (Å²) in [6.07, 6.45) is 4.99. The molecule has 1 N–H and O–H groups in total. The van der Waals surface area contributed by atoms with Crippen LogP contribution in [-0.2, 0) is 4.79 Å². The first-order valence-electron chi connectivity index (χ1n) is 3.01. The van der Waals surface area contributed by atoms with E-state index in [-0.39, 0.29) is 6.42 Å². The van der Waals surface area contributed by atoms with Crippen LogP contribution in [0.5, 0.6) is 0 Å². The Bertz CT molecular complexity index is 194. The first kappa shape index (κ1) is 7.41. The molecule has 0 aliphatic carbocycles. The van der Waals surface area contributed by atoms with Gasteiger partial charge < -0.3 is 5.11 Å². The Hall–Kier alpha value is -0.700. The van der Waals surface area contributed by atoms with Crippen molar-refractivity contribution in [1.82, 2.24) is 0 Å². The molecule has 0 fully saturated rings. The zero-order chi connectivity index (χ0) is 7.40. The lowest BCUT2D eigenvalue weighted by atomic mass is 10.3. The molecule has 0 saturated carbocycles. The molecule has 1 aliphatic heterocycles. The van der Waals surface area contributed by atoms with Gasteiger partial charge in [0, 0.05) is 0 Å². The van der Waals surface area contributed by atoms with Crippen molar-refractivity contribution in [3.05, 3.63) is 22.5 Å². The predicted molar refractivity (Wildman–Crippen MR) is 41.7 cm³/mol. The summed E-state index contributed by atoms with van der Waals surface area (Å²) >= 11 is 1.49. The van der Waals surface area contributed by atoms with Crippen LogP contribution in [0.2, 0.25) is 0 Å². The molecule has 2 nitrogen and oxygen atoms in total. The SMILES string of the molecule is O=C(O)CC1=CCC=CS1. The van der Waals surface area contributed by atoms with Crippen LogP contribution in [0.3, 0.4) is 0 Å². The molecule has 0 saturated heterocycles. The minimum Gasteiger partial charge on any atom is -0.481 e. The maximum Gasteiger partial charge on any atom is 0.308 e. The van der Waals surface area contributed by atoms with Crippen molar-refractivity contribution in [3.63, 3.8) is 0 Å². The van der Waals surface area contributed by atoms with Crippen LogP contribution in [0.4, 0.5) is 0 Å². The van der Waals surface area contributed by atoms with Gasteiger partial charge in [0.05, 0.1) is 6.42 Å². The van der Waals surface area contributed by atoms with Crippen LogP contribution in [0.15, 0.2) is 22.5 Å². The van der Waals surface area contributed by atoms with E-state index in [2.05, 4.69) is 0 Å². The van der Waals surface area contributed by atoms with Gasteiger partial charge in [-0.2, -0.15) is 0 Å². The van der Waals surface area contributed by atoms with Gasteiger partial charge in [0.2, 0.25) is 0 Å². The van der Waals surface area contributed by atoms with Gasteiger partial charge >= 0.3 is 5.97 Å². The monoisotopic (exact) mass is 156 g/mol. The summed E-state index contributed by atoms with van der Waals surface area (Å²) in [5, 5.41) is 10.3. The van der Waals surface area contributed by atoms with Gasteiger partial charge in [-0.3, -0.25) is 4.79 Å². The Morgan fingerprint density at radius 3 is 3.10 bits per heavy atom. The van der Waals surface area contributed by atoms with Crippen molar-refractivity contribution in [1.29, 1.82) is 0 Å². The number of aliphatic carboxylic acids is 1. The minimum atomic E-state index is -0.756. The lowest BCUT2D eigenvalue weighted by Crippen LogP contribution is -1.95. The number of carboxylic acid groups (broad SMARTS) is 1. The van der Waals surface area contributed by atoms with Gasteiger partial charge in [0.15, 0.2) is 0 Å². The van der Waals surface area contributed by atoms with E-state index in [4.69, 9.17) is 5.11 Å². The molecule has 3 heteroatoms. The molecule has 0 radical (unpaired) electrons. The number of carbonyl (C=O) groups is 1. The average molecular weight is 156 g/mol. The quantitative estimate of drug-likeness (QED) is 0.664. The average Bonchev–Trinajstić information content (AvgIpc) is 1.88. The van der Waals surface area contributed by atoms with E-state index in [0.29, 0.717) is 0 Å². The summed E-state index contributed by atoms with van der Waals surface area (Å²) in [6.45, 7) is 0. The third kappa shape index (κ3) is 2.27. The largest absolute Gasteiger partial charge is 0.481 e. The number of allylic oxidation sites excluding steroid dienone is 2. The molecule has 0 spiro atoms. The van der Waals surface area contributed by atoms with E-state index < -0.39 is 5.97 Å². The normalized spacial score (nSPS) is 16.6. The highest BCUT2D eigenvalue weighted by Gasteiger charge is 2.03. The molecular formula is C7H8O2S. The lowest BCUT2D eigenvalue weighted by Gasteiger charge is -2.02. The molecule has 0 aromatic carbocycles. The fourth-order valence-corrected chi connectivity index (χ4v) is 1.48. The maximum absolute atomic E-state index is 10.2. The molecular weight excluding hydrogens is 148 g/mol. The summed E-state index contributed by atoms with van der Waals surface area (Å²) in [6, 6.07) is 0. The molecule has 1 aliphatic rings. The summed E-state index contributed by atoms with van der Waals surface area (Å²) in [5.41, 5.74) is 0. The van der Waals surface area contributed by atoms with E-state index in [1.165, 1.54) is 11.8 Å². The number of hydrogen-bond donors (Lipinski definition) is 1. The highest BCUT2D eigenvalue weighted by Crippen LogP contribution is 2.24. The second-order valence-electron chi connectivity index (χ2n) is 1.97. The Kier molecular flexibility index (Phi) is 2.57. The summed E-state index contributed by atoms with van der Waals surface area (Å²) in [7, 11) is 0. The lowest BCUT2D eigenvalue weighted by molar-refractivity contribution is -0.136. The number of hydrogen-bond acceptors (Lipinski definition) is 2. The van der Waals surface area contributed by atoms with Gasteiger partial charge in [0.1, 0.15) is 0 Å². The van der Waals surface area contributed by atoms with Crippen molar-refractivity contribution in [2.45, 2.75) is 12.8 Å². The van der Waals surface area contributed by atoms with E-state index in [0.717, 1.165) is 11.3 Å². The van der Waals surface area contributed by atoms with E-state index >= 15 is 0 Å². The minimum absolute atomic E-state index is 0.162. The topological polar surface area (TPSA) is 37.3 Å². The van der Waals surface area contributed by atoms with E-state index in [1.54, 1.807) is 0 Å². The summed E-state index contributed by atoms with van der Waals surface area (Å²) < 4.78 is 0. The molecule has 0 amide bonds. The first-order chi connectivity index (χ1) is 4.79. The Morgan fingerprint density at radius 2 is 2.60 bits per heavy atom. The van der Waals surface area contributed by atoms with E-state index in [1.807, 2.05) is 17.6 Å². The van der Waals surface area contributed by atoms with Crippen molar-refractivity contribution in [2.24, 2.45) is 0 Å². The van der Waals surface area contributed by atoms with Crippen LogP contribution >= 0.6 is 11.8 Å². The molecule has 0 aromatic rings. The number of thioether (sulfide) groups is 1. The van der Waals surface area contributed by atoms with Crippen LogP contribution in [0, 0.1) is 0 Å². The van der Waals surface area contributed by atoms with Gasteiger partial charge in [-0.1, -0.05) is 12.2 Å². The highest BCUT2D eigenvalue weighted by molar-refractivity contribution is 8.05. The smallest absolute Gasteiger partial charge is 0.308 e. The highest BCUT2D eigenvalue weighted by atomic mass is 32.2. The molecule has 1 heterocycles. The van der Waals surface area contributed by atoms with Crippen LogP contribution in [0.25, 0.3) is 0 Å². The van der Waals surface area contributed by atoms with Crippen LogP contribution < -0.4 is 0 Å². The third-order valence-corrected chi connectivity index (χ3v) is 2.06. The van der Waals surface area contributed by atoms with Crippen molar-refractivity contribution >= 4 is 17.7 Å². The number of rotatable bonds is 2. The number of carboxylic acids is 1. The Morgan fingerprint density at radius 1 is 1.80 bits per heavy atom. The summed E-state index contributed by atoms with van der Waals surface area (Å²) in [5.74, 6) is -0.756. The predicted octanol–water partition coefficient (Wildman–Crippen LogP) is 2.00. The fourth-order valence-electron chi connectivity index (χ4n) is 0.702. The van der Waals surface area contributed by atoms with Crippen LogP contribution in [0.1, 0.15) is 12.8 Å². The summed E-state index contributed by atoms with van der Waals surface area (Å²) in [4.78, 5) is 11.1. The van der Waals surface area contributed by atoms with E-state index in [9.17, 15) is 4.79 Å². The molecule has 0 aromatic heterocycles. The molecule has 0 unspecified atom stereocenters. The van der Waals surface area contributed by atoms with Gasteiger partial charge in [-0.15, -0.1) is 11.8 Å². The van der Waals surface area contributed by atoms with Gasteiger partial charge in [0.25, 0.3) is 0 Å². The van der Waals surface area contributed by atoms with Crippen molar-refractivity contribution in [3.8, 4) is 0 Å². The molecule has 1 rings (SSSR count). The second-order valence-corrected chi connectivity index (χ2v) is 3.00. The van der Waals surface area contributed by atoms with Gasteiger partial charge in [-0.25, -0.2) is 0 Å². The van der Waals surface area contributed by atoms with Crippen molar-refractivity contribution < 1.29 is 9.90 Å².